The van der Waals surface area contributed by atoms with Crippen LogP contribution in [0.4, 0.5) is 0 Å². The van der Waals surface area contributed by atoms with E-state index in [4.69, 9.17) is 0 Å². The molecule has 0 spiro atoms. The Morgan fingerprint density at radius 3 is 2.34 bits per heavy atom. The summed E-state index contributed by atoms with van der Waals surface area (Å²) in [5, 5.41) is 10.6. The number of hydrogen-bond acceptors (Lipinski definition) is 4. The highest BCUT2D eigenvalue weighted by atomic mass is 16.2. The normalized spacial score (nSPS) is 24.7. The SMILES string of the molecule is CC(C)c1cc(C(=O)NC[C@H]2C[C@H]3CC[C@@H](C2)N3CC(=O)NC(C)(C)C)n(C)n1. The third-order valence-corrected chi connectivity index (χ3v) is 6.10. The molecule has 1 aromatic heterocycles. The second kappa shape index (κ2) is 8.46. The summed E-state index contributed by atoms with van der Waals surface area (Å²) in [5.74, 6) is 0.832. The molecule has 0 aliphatic carbocycles. The Morgan fingerprint density at radius 1 is 1.21 bits per heavy atom. The van der Waals surface area contributed by atoms with Gasteiger partial charge < -0.3 is 10.6 Å². The van der Waals surface area contributed by atoms with Crippen LogP contribution in [0.15, 0.2) is 6.07 Å². The third kappa shape index (κ3) is 5.38. The lowest BCUT2D eigenvalue weighted by atomic mass is 9.90. The molecular weight excluding hydrogens is 366 g/mol. The summed E-state index contributed by atoms with van der Waals surface area (Å²) in [6.07, 6.45) is 4.39. The number of aryl methyl sites for hydroxylation is 1. The van der Waals surface area contributed by atoms with Crippen molar-refractivity contribution in [2.75, 3.05) is 13.1 Å². The van der Waals surface area contributed by atoms with Crippen LogP contribution in [0.1, 0.15) is 82.4 Å². The third-order valence-electron chi connectivity index (χ3n) is 6.10. The lowest BCUT2D eigenvalue weighted by Crippen LogP contribution is -2.52. The van der Waals surface area contributed by atoms with Gasteiger partial charge in [0.25, 0.3) is 5.91 Å². The zero-order valence-corrected chi connectivity index (χ0v) is 18.8. The van der Waals surface area contributed by atoms with Gasteiger partial charge in [-0.1, -0.05) is 13.8 Å². The molecule has 3 heterocycles. The Kier molecular flexibility index (Phi) is 6.36. The highest BCUT2D eigenvalue weighted by Crippen LogP contribution is 2.38. The van der Waals surface area contributed by atoms with Gasteiger partial charge in [-0.05, 0) is 64.4 Å². The van der Waals surface area contributed by atoms with Crippen molar-refractivity contribution in [3.8, 4) is 0 Å². The summed E-state index contributed by atoms with van der Waals surface area (Å²) in [6, 6.07) is 2.79. The second-order valence-corrected chi connectivity index (χ2v) is 10.1. The fourth-order valence-corrected chi connectivity index (χ4v) is 4.75. The van der Waals surface area contributed by atoms with Crippen molar-refractivity contribution in [2.45, 2.75) is 83.8 Å². The summed E-state index contributed by atoms with van der Waals surface area (Å²) in [4.78, 5) is 27.4. The number of nitrogens with zero attached hydrogens (tertiary/aromatic N) is 3. The van der Waals surface area contributed by atoms with Gasteiger partial charge in [0.05, 0.1) is 12.2 Å². The van der Waals surface area contributed by atoms with E-state index in [1.807, 2.05) is 33.9 Å². The molecule has 0 radical (unpaired) electrons. The van der Waals surface area contributed by atoms with Crippen LogP contribution in [-0.4, -0.2) is 57.2 Å². The number of carbonyl (C=O) groups excluding carboxylic acids is 2. The van der Waals surface area contributed by atoms with E-state index in [-0.39, 0.29) is 17.4 Å². The summed E-state index contributed by atoms with van der Waals surface area (Å²) in [7, 11) is 1.82. The molecule has 2 N–H and O–H groups in total. The predicted octanol–water partition coefficient (Wildman–Crippen LogP) is 2.43. The molecule has 3 atom stereocenters. The standard InChI is InChI=1S/C22H37N5O2/c1-14(2)18-11-19(26(6)25-18)21(29)23-12-15-9-16-7-8-17(10-15)27(16)13-20(28)24-22(3,4)5/h11,14-17H,7-10,12-13H2,1-6H3,(H,23,29)(H,24,28)/t15-,16+,17-. The minimum absolute atomic E-state index is 0.0498. The Hall–Kier alpha value is -1.89. The smallest absolute Gasteiger partial charge is 0.269 e. The number of hydrogen-bond donors (Lipinski definition) is 2. The van der Waals surface area contributed by atoms with E-state index >= 15 is 0 Å². The van der Waals surface area contributed by atoms with Crippen molar-refractivity contribution in [1.82, 2.24) is 25.3 Å². The van der Waals surface area contributed by atoms with Gasteiger partial charge in [0.1, 0.15) is 5.69 Å². The van der Waals surface area contributed by atoms with Crippen molar-refractivity contribution in [3.05, 3.63) is 17.5 Å². The van der Waals surface area contributed by atoms with E-state index in [0.29, 0.717) is 42.7 Å². The van der Waals surface area contributed by atoms with E-state index in [9.17, 15) is 9.59 Å². The first-order valence-corrected chi connectivity index (χ1v) is 10.9. The van der Waals surface area contributed by atoms with Crippen LogP contribution in [0.25, 0.3) is 0 Å². The molecule has 2 amide bonds. The molecule has 1 aromatic rings. The number of piperidine rings is 1. The average Bonchev–Trinajstić information content (AvgIpc) is 3.08. The summed E-state index contributed by atoms with van der Waals surface area (Å²) < 4.78 is 1.67. The molecule has 29 heavy (non-hydrogen) atoms. The maximum atomic E-state index is 12.6. The zero-order chi connectivity index (χ0) is 21.3. The van der Waals surface area contributed by atoms with Gasteiger partial charge >= 0.3 is 0 Å². The average molecular weight is 404 g/mol. The van der Waals surface area contributed by atoms with Crippen LogP contribution in [0.2, 0.25) is 0 Å². The van der Waals surface area contributed by atoms with E-state index < -0.39 is 0 Å². The zero-order valence-electron chi connectivity index (χ0n) is 18.8. The number of aromatic nitrogens is 2. The fraction of sp³-hybridized carbons (Fsp3) is 0.773. The van der Waals surface area contributed by atoms with E-state index in [0.717, 1.165) is 31.4 Å². The van der Waals surface area contributed by atoms with E-state index in [1.54, 1.807) is 4.68 Å². The minimum Gasteiger partial charge on any atom is -0.350 e. The van der Waals surface area contributed by atoms with Gasteiger partial charge in [-0.2, -0.15) is 5.10 Å². The maximum Gasteiger partial charge on any atom is 0.269 e. The highest BCUT2D eigenvalue weighted by molar-refractivity contribution is 5.92. The number of rotatable bonds is 6. The second-order valence-electron chi connectivity index (χ2n) is 10.1. The van der Waals surface area contributed by atoms with Gasteiger partial charge in [0, 0.05) is 31.2 Å². The molecule has 2 fully saturated rings. The van der Waals surface area contributed by atoms with Gasteiger partial charge in [-0.3, -0.25) is 19.2 Å². The van der Waals surface area contributed by atoms with Crippen LogP contribution < -0.4 is 10.6 Å². The van der Waals surface area contributed by atoms with Gasteiger partial charge in [-0.15, -0.1) is 0 Å². The van der Waals surface area contributed by atoms with Crippen molar-refractivity contribution < 1.29 is 9.59 Å². The van der Waals surface area contributed by atoms with Gasteiger partial charge in [0.15, 0.2) is 0 Å². The minimum atomic E-state index is -0.194. The van der Waals surface area contributed by atoms with Crippen LogP contribution in [-0.2, 0) is 11.8 Å². The van der Waals surface area contributed by atoms with Crippen LogP contribution in [0.5, 0.6) is 0 Å². The monoisotopic (exact) mass is 403 g/mol. The fourth-order valence-electron chi connectivity index (χ4n) is 4.75. The number of carbonyl (C=O) groups is 2. The lowest BCUT2D eigenvalue weighted by molar-refractivity contribution is -0.125. The predicted molar refractivity (Wildman–Crippen MR) is 114 cm³/mol. The topological polar surface area (TPSA) is 79.3 Å². The Morgan fingerprint density at radius 2 is 1.83 bits per heavy atom. The first-order valence-electron chi connectivity index (χ1n) is 10.9. The molecule has 162 valence electrons. The Balaban J connectivity index is 1.51. The van der Waals surface area contributed by atoms with Crippen molar-refractivity contribution in [1.29, 1.82) is 0 Å². The first kappa shape index (κ1) is 21.8. The molecule has 0 aromatic carbocycles. The molecule has 2 bridgehead atoms. The molecule has 3 rings (SSSR count). The van der Waals surface area contributed by atoms with Crippen molar-refractivity contribution in [2.24, 2.45) is 13.0 Å². The molecule has 2 aliphatic rings. The summed E-state index contributed by atoms with van der Waals surface area (Å²) in [6.45, 7) is 11.4. The van der Waals surface area contributed by atoms with Crippen molar-refractivity contribution >= 4 is 11.8 Å². The molecule has 7 heteroatoms. The van der Waals surface area contributed by atoms with Crippen molar-refractivity contribution in [3.63, 3.8) is 0 Å². The number of amides is 2. The van der Waals surface area contributed by atoms with Gasteiger partial charge in [-0.25, -0.2) is 0 Å². The first-order chi connectivity index (χ1) is 13.5. The molecule has 0 unspecified atom stereocenters. The Bertz CT molecular complexity index is 735. The van der Waals surface area contributed by atoms with E-state index in [2.05, 4.69) is 34.5 Å². The molecule has 2 saturated heterocycles. The number of fused-ring (bicyclic) bond motifs is 2. The Labute approximate surface area is 174 Å². The number of nitrogens with one attached hydrogen (secondary N) is 2. The van der Waals surface area contributed by atoms with Crippen LogP contribution in [0.3, 0.4) is 0 Å². The summed E-state index contributed by atoms with van der Waals surface area (Å²) in [5.41, 5.74) is 1.37. The summed E-state index contributed by atoms with van der Waals surface area (Å²) >= 11 is 0. The molecule has 0 saturated carbocycles. The largest absolute Gasteiger partial charge is 0.350 e. The molecular formula is C22H37N5O2. The van der Waals surface area contributed by atoms with Crippen LogP contribution >= 0.6 is 0 Å². The lowest BCUT2D eigenvalue weighted by Gasteiger charge is -2.39. The van der Waals surface area contributed by atoms with Gasteiger partial charge in [0.2, 0.25) is 5.91 Å². The maximum absolute atomic E-state index is 12.6. The quantitative estimate of drug-likeness (QED) is 0.765. The molecule has 2 aliphatic heterocycles. The van der Waals surface area contributed by atoms with E-state index in [1.165, 1.54) is 0 Å². The highest BCUT2D eigenvalue weighted by Gasteiger charge is 2.41. The molecule has 7 nitrogen and oxygen atoms in total. The van der Waals surface area contributed by atoms with Crippen LogP contribution in [0, 0.1) is 5.92 Å².